The van der Waals surface area contributed by atoms with Gasteiger partial charge in [-0.1, -0.05) is 22.4 Å². The van der Waals surface area contributed by atoms with E-state index >= 15 is 0 Å². The van der Waals surface area contributed by atoms with Crippen LogP contribution in [0.1, 0.15) is 42.3 Å². The quantitative estimate of drug-likeness (QED) is 0.749. The number of aryl methyl sites for hydroxylation is 1. The smallest absolute Gasteiger partial charge is 0.355 e. The van der Waals surface area contributed by atoms with Crippen molar-refractivity contribution in [3.8, 4) is 0 Å². The maximum absolute atomic E-state index is 12.8. The van der Waals surface area contributed by atoms with Crippen molar-refractivity contribution in [2.75, 3.05) is 19.6 Å². The van der Waals surface area contributed by atoms with E-state index < -0.39 is 17.2 Å². The molecule has 31 heavy (non-hydrogen) atoms. The minimum absolute atomic E-state index is 0.0704. The van der Waals surface area contributed by atoms with Crippen LogP contribution in [0.15, 0.2) is 28.9 Å². The Morgan fingerprint density at radius 2 is 1.94 bits per heavy atom. The number of carbonyl (C=O) groups is 2. The summed E-state index contributed by atoms with van der Waals surface area (Å²) in [4.78, 5) is 27.1. The van der Waals surface area contributed by atoms with Crippen molar-refractivity contribution in [2.24, 2.45) is 5.41 Å². The fraction of sp³-hybridized carbons (Fsp3) is 0.524. The fourth-order valence-corrected chi connectivity index (χ4v) is 3.70. The molecule has 0 saturated carbocycles. The van der Waals surface area contributed by atoms with E-state index in [1.807, 2.05) is 6.92 Å². The summed E-state index contributed by atoms with van der Waals surface area (Å²) in [6, 6.07) is 4.90. The molecule has 0 aliphatic carbocycles. The molecule has 2 aromatic rings. The standard InChI is InChI=1S/C21H25F3N4O3/c1-14-17(27-31-26-14)12-18(29)28-11-3-9-20(2,13-28)19(30)25-10-8-15-4-6-16(7-5-15)21(22,23)24/h4-7H,3,8-13H2,1-2H3,(H,25,30). The van der Waals surface area contributed by atoms with Crippen LogP contribution in [0, 0.1) is 12.3 Å². The van der Waals surface area contributed by atoms with Gasteiger partial charge in [0.2, 0.25) is 11.8 Å². The van der Waals surface area contributed by atoms with Gasteiger partial charge in [-0.2, -0.15) is 13.2 Å². The lowest BCUT2D eigenvalue weighted by Gasteiger charge is -2.39. The van der Waals surface area contributed by atoms with Gasteiger partial charge in [-0.05, 0) is 50.8 Å². The van der Waals surface area contributed by atoms with Crippen LogP contribution in [-0.2, 0) is 28.6 Å². The molecule has 1 atom stereocenters. The Morgan fingerprint density at radius 3 is 2.55 bits per heavy atom. The third-order valence-corrected chi connectivity index (χ3v) is 5.64. The molecule has 1 saturated heterocycles. The molecule has 1 aliphatic rings. The van der Waals surface area contributed by atoms with Gasteiger partial charge in [0.05, 0.1) is 17.4 Å². The van der Waals surface area contributed by atoms with Gasteiger partial charge in [-0.3, -0.25) is 9.59 Å². The van der Waals surface area contributed by atoms with Crippen molar-refractivity contribution >= 4 is 11.8 Å². The lowest BCUT2D eigenvalue weighted by atomic mass is 9.80. The van der Waals surface area contributed by atoms with Crippen molar-refractivity contribution in [3.63, 3.8) is 0 Å². The minimum Gasteiger partial charge on any atom is -0.355 e. The van der Waals surface area contributed by atoms with Gasteiger partial charge < -0.3 is 10.2 Å². The van der Waals surface area contributed by atoms with E-state index in [1.54, 1.807) is 11.8 Å². The average molecular weight is 438 g/mol. The highest BCUT2D eigenvalue weighted by Gasteiger charge is 2.39. The Balaban J connectivity index is 1.52. The first kappa shape index (κ1) is 22.8. The van der Waals surface area contributed by atoms with Gasteiger partial charge in [0.1, 0.15) is 11.4 Å². The molecule has 1 aliphatic heterocycles. The molecule has 3 rings (SSSR count). The topological polar surface area (TPSA) is 88.3 Å². The van der Waals surface area contributed by atoms with Crippen LogP contribution < -0.4 is 5.32 Å². The number of nitrogens with zero attached hydrogens (tertiary/aromatic N) is 3. The number of hydrogen-bond donors (Lipinski definition) is 1. The van der Waals surface area contributed by atoms with Gasteiger partial charge in [-0.15, -0.1) is 0 Å². The van der Waals surface area contributed by atoms with Crippen LogP contribution in [0.5, 0.6) is 0 Å². The minimum atomic E-state index is -4.37. The first-order valence-electron chi connectivity index (χ1n) is 10.1. The maximum atomic E-state index is 12.8. The molecule has 7 nitrogen and oxygen atoms in total. The Kier molecular flexibility index (Phi) is 6.66. The highest BCUT2D eigenvalue weighted by atomic mass is 19.4. The van der Waals surface area contributed by atoms with E-state index in [1.165, 1.54) is 12.1 Å². The number of benzene rings is 1. The predicted octanol–water partition coefficient (Wildman–Crippen LogP) is 2.93. The molecule has 1 N–H and O–H groups in total. The van der Waals surface area contributed by atoms with Crippen molar-refractivity contribution in [1.29, 1.82) is 0 Å². The predicted molar refractivity (Wildman–Crippen MR) is 105 cm³/mol. The summed E-state index contributed by atoms with van der Waals surface area (Å²) < 4.78 is 42.6. The third kappa shape index (κ3) is 5.62. The number of nitrogens with one attached hydrogen (secondary N) is 1. The van der Waals surface area contributed by atoms with Crippen molar-refractivity contribution < 1.29 is 27.4 Å². The second-order valence-electron chi connectivity index (χ2n) is 8.15. The van der Waals surface area contributed by atoms with Crippen molar-refractivity contribution in [3.05, 3.63) is 46.8 Å². The second-order valence-corrected chi connectivity index (χ2v) is 8.15. The second kappa shape index (κ2) is 9.07. The van der Waals surface area contributed by atoms with Gasteiger partial charge in [0.25, 0.3) is 0 Å². The summed E-state index contributed by atoms with van der Waals surface area (Å²) in [5, 5.41) is 10.3. The van der Waals surface area contributed by atoms with E-state index in [4.69, 9.17) is 0 Å². The molecule has 168 valence electrons. The zero-order chi connectivity index (χ0) is 22.6. The molecule has 0 bridgehead atoms. The summed E-state index contributed by atoms with van der Waals surface area (Å²) in [6.45, 7) is 4.70. The lowest BCUT2D eigenvalue weighted by molar-refractivity contribution is -0.140. The molecular formula is C21H25F3N4O3. The summed E-state index contributed by atoms with van der Waals surface area (Å²) in [5.74, 6) is -0.307. The van der Waals surface area contributed by atoms with Crippen LogP contribution in [0.25, 0.3) is 0 Å². The molecular weight excluding hydrogens is 413 g/mol. The van der Waals surface area contributed by atoms with Crippen LogP contribution in [-0.4, -0.2) is 46.7 Å². The number of halogens is 3. The first-order valence-corrected chi connectivity index (χ1v) is 10.1. The molecule has 2 amide bonds. The highest BCUT2D eigenvalue weighted by molar-refractivity contribution is 5.84. The number of carbonyl (C=O) groups excluding carboxylic acids is 2. The average Bonchev–Trinajstić information content (AvgIpc) is 3.12. The number of alkyl halides is 3. The van der Waals surface area contributed by atoms with E-state index in [0.717, 1.165) is 12.1 Å². The number of aromatic nitrogens is 2. The van der Waals surface area contributed by atoms with E-state index in [9.17, 15) is 22.8 Å². The normalized spacial score (nSPS) is 19.3. The number of likely N-dealkylation sites (tertiary alicyclic amines) is 1. The molecule has 10 heteroatoms. The maximum Gasteiger partial charge on any atom is 0.416 e. The van der Waals surface area contributed by atoms with Crippen LogP contribution in [0.2, 0.25) is 0 Å². The Bertz CT molecular complexity index is 927. The molecule has 1 aromatic carbocycles. The molecule has 1 aromatic heterocycles. The Hall–Kier alpha value is -2.91. The molecule has 1 fully saturated rings. The molecule has 0 spiro atoms. The fourth-order valence-electron chi connectivity index (χ4n) is 3.70. The molecule has 0 radical (unpaired) electrons. The van der Waals surface area contributed by atoms with Gasteiger partial charge >= 0.3 is 6.18 Å². The number of hydrogen-bond acceptors (Lipinski definition) is 5. The van der Waals surface area contributed by atoms with Gasteiger partial charge in [-0.25, -0.2) is 4.63 Å². The lowest BCUT2D eigenvalue weighted by Crippen LogP contribution is -2.52. The SMILES string of the molecule is Cc1nonc1CC(=O)N1CCCC(C)(C(=O)NCCc2ccc(C(F)(F)F)cc2)C1. The Morgan fingerprint density at radius 1 is 1.23 bits per heavy atom. The third-order valence-electron chi connectivity index (χ3n) is 5.64. The monoisotopic (exact) mass is 438 g/mol. The zero-order valence-electron chi connectivity index (χ0n) is 17.5. The van der Waals surface area contributed by atoms with E-state index in [-0.39, 0.29) is 18.2 Å². The Labute approximate surface area is 177 Å². The first-order chi connectivity index (χ1) is 14.6. The highest BCUT2D eigenvalue weighted by Crippen LogP contribution is 2.31. The number of amides is 2. The van der Waals surface area contributed by atoms with Crippen LogP contribution in [0.3, 0.4) is 0 Å². The van der Waals surface area contributed by atoms with Crippen molar-refractivity contribution in [2.45, 2.75) is 45.7 Å². The van der Waals surface area contributed by atoms with E-state index in [0.29, 0.717) is 55.8 Å². The molecule has 2 heterocycles. The number of rotatable bonds is 6. The van der Waals surface area contributed by atoms with E-state index in [2.05, 4.69) is 20.3 Å². The summed E-state index contributed by atoms with van der Waals surface area (Å²) in [5.41, 5.74) is 0.324. The molecule has 1 unspecified atom stereocenters. The summed E-state index contributed by atoms with van der Waals surface area (Å²) in [7, 11) is 0. The van der Waals surface area contributed by atoms with Crippen molar-refractivity contribution in [1.82, 2.24) is 20.5 Å². The van der Waals surface area contributed by atoms with Gasteiger partial charge in [0.15, 0.2) is 0 Å². The van der Waals surface area contributed by atoms with Crippen LogP contribution >= 0.6 is 0 Å². The number of piperidine rings is 1. The van der Waals surface area contributed by atoms with Gasteiger partial charge in [0, 0.05) is 19.6 Å². The largest absolute Gasteiger partial charge is 0.416 e. The zero-order valence-corrected chi connectivity index (χ0v) is 17.5. The summed E-state index contributed by atoms with van der Waals surface area (Å²) >= 11 is 0. The van der Waals surface area contributed by atoms with Crippen LogP contribution in [0.4, 0.5) is 13.2 Å². The summed E-state index contributed by atoms with van der Waals surface area (Å²) in [6.07, 6.45) is -2.53.